The molecule has 0 bridgehead atoms. The summed E-state index contributed by atoms with van der Waals surface area (Å²) < 4.78 is 8.58. The van der Waals surface area contributed by atoms with Gasteiger partial charge < -0.3 is 14.6 Å². The average Bonchev–Trinajstić information content (AvgIpc) is 3.32. The lowest BCUT2D eigenvalue weighted by molar-refractivity contribution is -0.126. The zero-order chi connectivity index (χ0) is 20.2. The van der Waals surface area contributed by atoms with Gasteiger partial charge in [0.25, 0.3) is 0 Å². The van der Waals surface area contributed by atoms with Gasteiger partial charge in [0, 0.05) is 24.5 Å². The molecule has 148 valence electrons. The first-order chi connectivity index (χ1) is 14.1. The lowest BCUT2D eigenvalue weighted by Crippen LogP contribution is -2.33. The highest BCUT2D eigenvalue weighted by Gasteiger charge is 2.21. The van der Waals surface area contributed by atoms with Gasteiger partial charge in [-0.15, -0.1) is 11.3 Å². The topological polar surface area (TPSA) is 69.0 Å². The SMILES string of the molecule is Cn1ccnc1C(NC(=O)COCc1nc2ccccc2s1)c1ccc(Cl)cc1. The van der Waals surface area contributed by atoms with E-state index in [1.54, 1.807) is 29.7 Å². The summed E-state index contributed by atoms with van der Waals surface area (Å²) in [5.74, 6) is 0.501. The number of aromatic nitrogens is 3. The normalized spacial score (nSPS) is 12.2. The van der Waals surface area contributed by atoms with Crippen LogP contribution in [-0.4, -0.2) is 27.0 Å². The minimum atomic E-state index is -0.397. The molecule has 0 spiro atoms. The summed E-state index contributed by atoms with van der Waals surface area (Å²) in [5, 5.41) is 4.48. The van der Waals surface area contributed by atoms with Crippen LogP contribution in [0.5, 0.6) is 0 Å². The first-order valence-electron chi connectivity index (χ1n) is 9.04. The van der Waals surface area contributed by atoms with E-state index in [0.717, 1.165) is 26.6 Å². The Morgan fingerprint density at radius 3 is 2.76 bits per heavy atom. The minimum absolute atomic E-state index is 0.0650. The number of para-hydroxylation sites is 1. The highest BCUT2D eigenvalue weighted by atomic mass is 35.5. The van der Waals surface area contributed by atoms with Gasteiger partial charge in [0.15, 0.2) is 0 Å². The smallest absolute Gasteiger partial charge is 0.246 e. The van der Waals surface area contributed by atoms with Crippen LogP contribution in [0.25, 0.3) is 10.2 Å². The number of ether oxygens (including phenoxy) is 1. The van der Waals surface area contributed by atoms with E-state index in [1.165, 1.54) is 0 Å². The predicted octanol–water partition coefficient (Wildman–Crippen LogP) is 4.11. The van der Waals surface area contributed by atoms with Crippen LogP contribution in [0.3, 0.4) is 0 Å². The first-order valence-corrected chi connectivity index (χ1v) is 10.2. The van der Waals surface area contributed by atoms with Crippen molar-refractivity contribution in [3.8, 4) is 0 Å². The summed E-state index contributed by atoms with van der Waals surface area (Å²) in [6.45, 7) is 0.227. The van der Waals surface area contributed by atoms with Crippen LogP contribution in [0.2, 0.25) is 5.02 Å². The van der Waals surface area contributed by atoms with Gasteiger partial charge in [-0.3, -0.25) is 4.79 Å². The fraction of sp³-hybridized carbons (Fsp3) is 0.190. The number of imidazole rings is 1. The second-order valence-electron chi connectivity index (χ2n) is 6.52. The molecular formula is C21H19ClN4O2S. The molecule has 4 rings (SSSR count). The van der Waals surface area contributed by atoms with Crippen molar-refractivity contribution < 1.29 is 9.53 Å². The number of hydrogen-bond acceptors (Lipinski definition) is 5. The number of amides is 1. The number of carbonyl (C=O) groups excluding carboxylic acids is 1. The van der Waals surface area contributed by atoms with E-state index >= 15 is 0 Å². The molecule has 29 heavy (non-hydrogen) atoms. The number of thiazole rings is 1. The number of halogens is 1. The van der Waals surface area contributed by atoms with Gasteiger partial charge in [-0.05, 0) is 29.8 Å². The third-order valence-electron chi connectivity index (χ3n) is 4.42. The van der Waals surface area contributed by atoms with Crippen LogP contribution in [-0.2, 0) is 23.2 Å². The zero-order valence-corrected chi connectivity index (χ0v) is 17.3. The largest absolute Gasteiger partial charge is 0.364 e. The Bertz CT molecular complexity index is 1090. The van der Waals surface area contributed by atoms with Gasteiger partial charge in [0.05, 0.1) is 16.8 Å². The molecule has 8 heteroatoms. The monoisotopic (exact) mass is 426 g/mol. The summed E-state index contributed by atoms with van der Waals surface area (Å²) in [6, 6.07) is 14.9. The fourth-order valence-electron chi connectivity index (χ4n) is 3.02. The van der Waals surface area contributed by atoms with Gasteiger partial charge in [-0.2, -0.15) is 0 Å². The lowest BCUT2D eigenvalue weighted by atomic mass is 10.1. The molecular weight excluding hydrogens is 408 g/mol. The van der Waals surface area contributed by atoms with Crippen LogP contribution in [0, 0.1) is 0 Å². The van der Waals surface area contributed by atoms with Crippen molar-refractivity contribution in [3.05, 3.63) is 82.3 Å². The highest BCUT2D eigenvalue weighted by molar-refractivity contribution is 7.18. The summed E-state index contributed by atoms with van der Waals surface area (Å²) in [4.78, 5) is 21.4. The fourth-order valence-corrected chi connectivity index (χ4v) is 4.05. The number of fused-ring (bicyclic) bond motifs is 1. The molecule has 1 amide bonds. The van der Waals surface area contributed by atoms with E-state index in [0.29, 0.717) is 11.6 Å². The predicted molar refractivity (Wildman–Crippen MR) is 114 cm³/mol. The molecule has 0 radical (unpaired) electrons. The van der Waals surface area contributed by atoms with Gasteiger partial charge >= 0.3 is 0 Å². The molecule has 4 aromatic rings. The standard InChI is InChI=1S/C21H19ClN4O2S/c1-26-11-10-23-21(26)20(14-6-8-15(22)9-7-14)25-18(27)12-28-13-19-24-16-4-2-3-5-17(16)29-19/h2-11,20H,12-13H2,1H3,(H,25,27). The number of nitrogens with one attached hydrogen (secondary N) is 1. The number of carbonyl (C=O) groups is 1. The van der Waals surface area contributed by atoms with E-state index in [9.17, 15) is 4.79 Å². The molecule has 1 atom stereocenters. The van der Waals surface area contributed by atoms with Crippen LogP contribution in [0.4, 0.5) is 0 Å². The maximum Gasteiger partial charge on any atom is 0.246 e. The minimum Gasteiger partial charge on any atom is -0.364 e. The highest BCUT2D eigenvalue weighted by Crippen LogP contribution is 2.23. The number of rotatable bonds is 7. The number of nitrogens with zero attached hydrogens (tertiary/aromatic N) is 3. The Kier molecular flexibility index (Phi) is 5.89. The van der Waals surface area contributed by atoms with Gasteiger partial charge in [0.1, 0.15) is 23.5 Å². The molecule has 0 saturated heterocycles. The van der Waals surface area contributed by atoms with Crippen LogP contribution in [0.15, 0.2) is 60.9 Å². The number of hydrogen-bond donors (Lipinski definition) is 1. The Hall–Kier alpha value is -2.74. The number of benzene rings is 2. The first kappa shape index (κ1) is 19.6. The van der Waals surface area contributed by atoms with Crippen molar-refractivity contribution in [1.29, 1.82) is 0 Å². The van der Waals surface area contributed by atoms with E-state index in [4.69, 9.17) is 16.3 Å². The molecule has 0 saturated carbocycles. The van der Waals surface area contributed by atoms with Crippen molar-refractivity contribution in [2.75, 3.05) is 6.61 Å². The third kappa shape index (κ3) is 4.64. The summed E-state index contributed by atoms with van der Waals surface area (Å²) in [5.41, 5.74) is 1.83. The Morgan fingerprint density at radius 2 is 2.03 bits per heavy atom. The van der Waals surface area contributed by atoms with Crippen molar-refractivity contribution >= 4 is 39.1 Å². The Balaban J connectivity index is 1.41. The molecule has 0 aliphatic heterocycles. The summed E-state index contributed by atoms with van der Waals surface area (Å²) >= 11 is 7.57. The quantitative estimate of drug-likeness (QED) is 0.483. The van der Waals surface area contributed by atoms with Crippen molar-refractivity contribution in [2.24, 2.45) is 7.05 Å². The van der Waals surface area contributed by atoms with Crippen molar-refractivity contribution in [1.82, 2.24) is 19.9 Å². The maximum atomic E-state index is 12.5. The second kappa shape index (κ2) is 8.73. The molecule has 0 aliphatic carbocycles. The zero-order valence-electron chi connectivity index (χ0n) is 15.7. The summed E-state index contributed by atoms with van der Waals surface area (Å²) in [7, 11) is 1.89. The summed E-state index contributed by atoms with van der Waals surface area (Å²) in [6.07, 6.45) is 3.54. The van der Waals surface area contributed by atoms with Crippen LogP contribution in [0.1, 0.15) is 22.4 Å². The van der Waals surface area contributed by atoms with E-state index in [1.807, 2.05) is 54.2 Å². The molecule has 2 aromatic carbocycles. The van der Waals surface area contributed by atoms with Crippen molar-refractivity contribution in [3.63, 3.8) is 0 Å². The second-order valence-corrected chi connectivity index (χ2v) is 8.07. The molecule has 1 unspecified atom stereocenters. The van der Waals surface area contributed by atoms with Gasteiger partial charge in [0.2, 0.25) is 5.91 Å². The van der Waals surface area contributed by atoms with E-state index < -0.39 is 6.04 Å². The molecule has 2 heterocycles. The molecule has 2 aromatic heterocycles. The molecule has 6 nitrogen and oxygen atoms in total. The third-order valence-corrected chi connectivity index (χ3v) is 5.68. The van der Waals surface area contributed by atoms with E-state index in [2.05, 4.69) is 15.3 Å². The molecule has 1 N–H and O–H groups in total. The van der Waals surface area contributed by atoms with Crippen LogP contribution >= 0.6 is 22.9 Å². The average molecular weight is 427 g/mol. The molecule has 0 fully saturated rings. The van der Waals surface area contributed by atoms with Crippen LogP contribution < -0.4 is 5.32 Å². The van der Waals surface area contributed by atoms with Gasteiger partial charge in [-0.25, -0.2) is 9.97 Å². The lowest BCUT2D eigenvalue weighted by Gasteiger charge is -2.19. The Morgan fingerprint density at radius 1 is 1.24 bits per heavy atom. The number of aryl methyl sites for hydroxylation is 1. The molecule has 0 aliphatic rings. The van der Waals surface area contributed by atoms with Gasteiger partial charge in [-0.1, -0.05) is 35.9 Å². The van der Waals surface area contributed by atoms with E-state index in [-0.39, 0.29) is 12.5 Å². The van der Waals surface area contributed by atoms with Crippen molar-refractivity contribution in [2.45, 2.75) is 12.6 Å². The Labute approximate surface area is 177 Å². The maximum absolute atomic E-state index is 12.5.